The zero-order chi connectivity index (χ0) is 16.7. The summed E-state index contributed by atoms with van der Waals surface area (Å²) in [6.45, 7) is 5.23. The number of hydrogen-bond acceptors (Lipinski definition) is 8. The van der Waals surface area contributed by atoms with Crippen LogP contribution in [0.25, 0.3) is 11.2 Å². The minimum absolute atomic E-state index is 0.316. The Morgan fingerprint density at radius 2 is 1.75 bits per heavy atom. The van der Waals surface area contributed by atoms with Gasteiger partial charge in [0.15, 0.2) is 5.65 Å². The molecular formula is C15H19N9. The van der Waals surface area contributed by atoms with Crippen LogP contribution in [0.5, 0.6) is 0 Å². The molecule has 0 spiro atoms. The molecule has 4 heterocycles. The zero-order valence-electron chi connectivity index (χ0n) is 13.7. The summed E-state index contributed by atoms with van der Waals surface area (Å²) in [4.78, 5) is 26.2. The zero-order valence-corrected chi connectivity index (χ0v) is 13.7. The Bertz CT molecular complexity index is 860. The number of fused-ring (bicyclic) bond motifs is 1. The third-order valence-corrected chi connectivity index (χ3v) is 4.22. The first-order valence-corrected chi connectivity index (χ1v) is 7.85. The van der Waals surface area contributed by atoms with Crippen LogP contribution >= 0.6 is 0 Å². The molecule has 0 aromatic carbocycles. The highest BCUT2D eigenvalue weighted by molar-refractivity contribution is 5.71. The SMILES string of the molecule is Cc1cc(N2CCN(c3ncc4c(ncn4C)n3)CC2)nc(N)n1. The van der Waals surface area contributed by atoms with Gasteiger partial charge in [0.05, 0.1) is 12.5 Å². The molecule has 0 radical (unpaired) electrons. The van der Waals surface area contributed by atoms with Crippen molar-refractivity contribution in [2.75, 3.05) is 41.7 Å². The molecule has 0 aliphatic carbocycles. The third-order valence-electron chi connectivity index (χ3n) is 4.22. The second-order valence-corrected chi connectivity index (χ2v) is 5.93. The molecule has 24 heavy (non-hydrogen) atoms. The van der Waals surface area contributed by atoms with Gasteiger partial charge in [0.2, 0.25) is 11.9 Å². The van der Waals surface area contributed by atoms with Gasteiger partial charge in [0, 0.05) is 45.0 Å². The molecule has 2 N–H and O–H groups in total. The molecule has 4 rings (SSSR count). The Hall–Kier alpha value is -2.97. The topological polar surface area (TPSA) is 102 Å². The van der Waals surface area contributed by atoms with E-state index in [-0.39, 0.29) is 0 Å². The summed E-state index contributed by atoms with van der Waals surface area (Å²) in [5.41, 5.74) is 8.29. The molecule has 0 atom stereocenters. The number of anilines is 3. The average molecular weight is 325 g/mol. The van der Waals surface area contributed by atoms with Crippen molar-refractivity contribution in [3.63, 3.8) is 0 Å². The number of nitrogen functional groups attached to an aromatic ring is 1. The van der Waals surface area contributed by atoms with Gasteiger partial charge in [-0.3, -0.25) is 0 Å². The van der Waals surface area contributed by atoms with Gasteiger partial charge in [-0.2, -0.15) is 9.97 Å². The van der Waals surface area contributed by atoms with Crippen molar-refractivity contribution in [1.82, 2.24) is 29.5 Å². The monoisotopic (exact) mass is 325 g/mol. The van der Waals surface area contributed by atoms with Gasteiger partial charge in [-0.25, -0.2) is 15.0 Å². The predicted molar refractivity (Wildman–Crippen MR) is 91.9 cm³/mol. The minimum Gasteiger partial charge on any atom is -0.368 e. The van der Waals surface area contributed by atoms with Gasteiger partial charge >= 0.3 is 0 Å². The van der Waals surface area contributed by atoms with Crippen LogP contribution in [0.4, 0.5) is 17.7 Å². The third kappa shape index (κ3) is 2.57. The highest BCUT2D eigenvalue weighted by Crippen LogP contribution is 2.19. The Labute approximate surface area is 139 Å². The highest BCUT2D eigenvalue weighted by atomic mass is 15.3. The van der Waals surface area contributed by atoms with E-state index in [1.807, 2.05) is 30.8 Å². The van der Waals surface area contributed by atoms with E-state index >= 15 is 0 Å². The Morgan fingerprint density at radius 1 is 1.00 bits per heavy atom. The van der Waals surface area contributed by atoms with Crippen LogP contribution in [0.1, 0.15) is 5.69 Å². The number of aromatic nitrogens is 6. The van der Waals surface area contributed by atoms with Crippen molar-refractivity contribution >= 4 is 28.9 Å². The van der Waals surface area contributed by atoms with Crippen molar-refractivity contribution < 1.29 is 0 Å². The summed E-state index contributed by atoms with van der Waals surface area (Å²) in [7, 11) is 1.94. The van der Waals surface area contributed by atoms with Gasteiger partial charge in [0.1, 0.15) is 11.3 Å². The van der Waals surface area contributed by atoms with Crippen LogP contribution in [-0.4, -0.2) is 55.7 Å². The Balaban J connectivity index is 1.50. The van der Waals surface area contributed by atoms with Crippen LogP contribution < -0.4 is 15.5 Å². The Morgan fingerprint density at radius 3 is 2.50 bits per heavy atom. The van der Waals surface area contributed by atoms with Crippen LogP contribution in [0, 0.1) is 6.92 Å². The maximum Gasteiger partial charge on any atom is 0.227 e. The highest BCUT2D eigenvalue weighted by Gasteiger charge is 2.21. The number of nitrogens with two attached hydrogens (primary N) is 1. The summed E-state index contributed by atoms with van der Waals surface area (Å²) >= 11 is 0. The Kier molecular flexibility index (Phi) is 3.40. The van der Waals surface area contributed by atoms with Crippen LogP contribution in [0.15, 0.2) is 18.6 Å². The van der Waals surface area contributed by atoms with Gasteiger partial charge in [0.25, 0.3) is 0 Å². The molecule has 1 aliphatic heterocycles. The van der Waals surface area contributed by atoms with Crippen molar-refractivity contribution in [3.05, 3.63) is 24.3 Å². The van der Waals surface area contributed by atoms with Crippen LogP contribution in [0.3, 0.4) is 0 Å². The molecule has 0 amide bonds. The lowest BCUT2D eigenvalue weighted by atomic mass is 10.3. The number of hydrogen-bond donors (Lipinski definition) is 1. The number of imidazole rings is 1. The van der Waals surface area contributed by atoms with Gasteiger partial charge in [-0.1, -0.05) is 0 Å². The minimum atomic E-state index is 0.316. The number of aryl methyl sites for hydroxylation is 2. The molecule has 124 valence electrons. The first kappa shape index (κ1) is 14.6. The summed E-state index contributed by atoms with van der Waals surface area (Å²) in [6.07, 6.45) is 3.58. The van der Waals surface area contributed by atoms with Gasteiger partial charge in [-0.15, -0.1) is 0 Å². The second kappa shape index (κ2) is 5.59. The molecule has 1 aliphatic rings. The summed E-state index contributed by atoms with van der Waals surface area (Å²) < 4.78 is 1.92. The lowest BCUT2D eigenvalue weighted by Gasteiger charge is -2.35. The van der Waals surface area contributed by atoms with E-state index in [2.05, 4.69) is 34.7 Å². The molecule has 0 saturated carbocycles. The van der Waals surface area contributed by atoms with Crippen molar-refractivity contribution in [1.29, 1.82) is 0 Å². The van der Waals surface area contributed by atoms with Crippen LogP contribution in [-0.2, 0) is 7.05 Å². The second-order valence-electron chi connectivity index (χ2n) is 5.93. The molecule has 3 aromatic rings. The van der Waals surface area contributed by atoms with E-state index in [0.717, 1.165) is 54.8 Å². The van der Waals surface area contributed by atoms with E-state index in [9.17, 15) is 0 Å². The maximum atomic E-state index is 5.75. The molecule has 3 aromatic heterocycles. The summed E-state index contributed by atoms with van der Waals surface area (Å²) in [6, 6.07) is 1.96. The van der Waals surface area contributed by atoms with E-state index in [4.69, 9.17) is 5.73 Å². The van der Waals surface area contributed by atoms with E-state index < -0.39 is 0 Å². The lowest BCUT2D eigenvalue weighted by molar-refractivity contribution is 0.635. The summed E-state index contributed by atoms with van der Waals surface area (Å²) in [5, 5.41) is 0. The quantitative estimate of drug-likeness (QED) is 0.721. The average Bonchev–Trinajstić information content (AvgIpc) is 2.95. The smallest absolute Gasteiger partial charge is 0.227 e. The molecule has 9 nitrogen and oxygen atoms in total. The van der Waals surface area contributed by atoms with Crippen molar-refractivity contribution in [2.45, 2.75) is 6.92 Å². The maximum absolute atomic E-state index is 5.75. The van der Waals surface area contributed by atoms with E-state index in [1.54, 1.807) is 6.33 Å². The van der Waals surface area contributed by atoms with Gasteiger partial charge in [-0.05, 0) is 6.92 Å². The molecule has 0 bridgehead atoms. The fraction of sp³-hybridized carbons (Fsp3) is 0.400. The molecule has 1 fully saturated rings. The predicted octanol–water partition coefficient (Wildman–Crippen LogP) is 0.371. The fourth-order valence-electron chi connectivity index (χ4n) is 2.93. The molecule has 9 heteroatoms. The normalized spacial score (nSPS) is 15.2. The molecule has 1 saturated heterocycles. The molecule has 0 unspecified atom stereocenters. The summed E-state index contributed by atoms with van der Waals surface area (Å²) in [5.74, 6) is 1.91. The molecular weight excluding hydrogens is 306 g/mol. The largest absolute Gasteiger partial charge is 0.368 e. The lowest BCUT2D eigenvalue weighted by Crippen LogP contribution is -2.47. The van der Waals surface area contributed by atoms with Crippen molar-refractivity contribution in [3.8, 4) is 0 Å². The number of piperazine rings is 1. The first-order chi connectivity index (χ1) is 11.6. The number of nitrogens with zero attached hydrogens (tertiary/aromatic N) is 8. The van der Waals surface area contributed by atoms with E-state index in [1.165, 1.54) is 0 Å². The first-order valence-electron chi connectivity index (χ1n) is 7.85. The van der Waals surface area contributed by atoms with E-state index in [0.29, 0.717) is 5.95 Å². The number of rotatable bonds is 2. The van der Waals surface area contributed by atoms with Gasteiger partial charge < -0.3 is 20.1 Å². The van der Waals surface area contributed by atoms with Crippen molar-refractivity contribution in [2.24, 2.45) is 7.05 Å². The standard InChI is InChI=1S/C15H19N9/c1-10-7-12(20-14(16)19-10)23-3-5-24(6-4-23)15-17-8-11-13(21-15)18-9-22(11)2/h7-9H,3-6H2,1-2H3,(H2,16,19,20). The fourth-order valence-corrected chi connectivity index (χ4v) is 2.93. The van der Waals surface area contributed by atoms with Crippen LogP contribution in [0.2, 0.25) is 0 Å².